The highest BCUT2D eigenvalue weighted by Crippen LogP contribution is 2.20. The first kappa shape index (κ1) is 10.7. The van der Waals surface area contributed by atoms with Gasteiger partial charge in [-0.15, -0.1) is 0 Å². The first-order valence-corrected chi connectivity index (χ1v) is 6.40. The van der Waals surface area contributed by atoms with Gasteiger partial charge in [-0.25, -0.2) is 0 Å². The van der Waals surface area contributed by atoms with Gasteiger partial charge in [-0.3, -0.25) is 4.98 Å². The molecule has 0 aliphatic carbocycles. The van der Waals surface area contributed by atoms with E-state index in [4.69, 9.17) is 0 Å². The lowest BCUT2D eigenvalue weighted by atomic mass is 10.0. The summed E-state index contributed by atoms with van der Waals surface area (Å²) in [6.07, 6.45) is 5.66. The number of benzene rings is 1. The standard InChI is InChI=1S/C15H18N2/c1-11-15-10-12(9-14-3-2-7-17-14)4-5-13(15)6-8-16-11/h4-6,8,10,14,17H,2-3,7,9H2,1H3. The van der Waals surface area contributed by atoms with Crippen molar-refractivity contribution < 1.29 is 0 Å². The summed E-state index contributed by atoms with van der Waals surface area (Å²) in [7, 11) is 0. The van der Waals surface area contributed by atoms with Crippen molar-refractivity contribution in [3.63, 3.8) is 0 Å². The molecule has 2 nitrogen and oxygen atoms in total. The highest BCUT2D eigenvalue weighted by atomic mass is 14.9. The molecule has 2 heterocycles. The Morgan fingerprint density at radius 3 is 3.12 bits per heavy atom. The Labute approximate surface area is 102 Å². The summed E-state index contributed by atoms with van der Waals surface area (Å²) in [6.45, 7) is 3.26. The topological polar surface area (TPSA) is 24.9 Å². The molecule has 1 saturated heterocycles. The van der Waals surface area contributed by atoms with Gasteiger partial charge < -0.3 is 5.32 Å². The highest BCUT2D eigenvalue weighted by molar-refractivity contribution is 5.84. The Balaban J connectivity index is 1.92. The zero-order valence-corrected chi connectivity index (χ0v) is 10.2. The van der Waals surface area contributed by atoms with Crippen LogP contribution in [-0.4, -0.2) is 17.6 Å². The molecule has 0 spiro atoms. The highest BCUT2D eigenvalue weighted by Gasteiger charge is 2.14. The van der Waals surface area contributed by atoms with E-state index >= 15 is 0 Å². The molecule has 1 aliphatic heterocycles. The normalized spacial score (nSPS) is 19.9. The summed E-state index contributed by atoms with van der Waals surface area (Å²) in [5.41, 5.74) is 2.55. The molecule has 3 rings (SSSR count). The number of nitrogens with one attached hydrogen (secondary N) is 1. The van der Waals surface area contributed by atoms with Crippen molar-refractivity contribution in [1.82, 2.24) is 10.3 Å². The van der Waals surface area contributed by atoms with E-state index in [0.29, 0.717) is 6.04 Å². The third kappa shape index (κ3) is 2.18. The predicted octanol–water partition coefficient (Wildman–Crippen LogP) is 2.84. The van der Waals surface area contributed by atoms with E-state index in [1.165, 1.54) is 35.7 Å². The molecule has 1 aromatic carbocycles. The number of aromatic nitrogens is 1. The van der Waals surface area contributed by atoms with Gasteiger partial charge in [0.2, 0.25) is 0 Å². The molecular weight excluding hydrogens is 208 g/mol. The van der Waals surface area contributed by atoms with Crippen LogP contribution in [0, 0.1) is 6.92 Å². The second-order valence-electron chi connectivity index (χ2n) is 4.95. The molecule has 2 aromatic rings. The molecule has 0 saturated carbocycles. The fraction of sp³-hybridized carbons (Fsp3) is 0.400. The van der Waals surface area contributed by atoms with Gasteiger partial charge in [0.1, 0.15) is 0 Å². The van der Waals surface area contributed by atoms with Crippen molar-refractivity contribution >= 4 is 10.8 Å². The average molecular weight is 226 g/mol. The van der Waals surface area contributed by atoms with Gasteiger partial charge in [0.05, 0.1) is 0 Å². The van der Waals surface area contributed by atoms with E-state index in [2.05, 4.69) is 41.5 Å². The third-order valence-corrected chi connectivity index (χ3v) is 3.67. The Kier molecular flexibility index (Phi) is 2.81. The Bertz CT molecular complexity index is 527. The number of aryl methyl sites for hydroxylation is 1. The van der Waals surface area contributed by atoms with Gasteiger partial charge in [-0.1, -0.05) is 12.1 Å². The number of nitrogens with zero attached hydrogens (tertiary/aromatic N) is 1. The fourth-order valence-corrected chi connectivity index (χ4v) is 2.70. The van der Waals surface area contributed by atoms with Crippen molar-refractivity contribution in [1.29, 1.82) is 0 Å². The van der Waals surface area contributed by atoms with Gasteiger partial charge in [-0.05, 0) is 55.8 Å². The first-order chi connectivity index (χ1) is 8.33. The molecule has 1 atom stereocenters. The molecule has 1 aromatic heterocycles. The lowest BCUT2D eigenvalue weighted by molar-refractivity contribution is 0.603. The van der Waals surface area contributed by atoms with Crippen molar-refractivity contribution in [3.05, 3.63) is 41.7 Å². The second-order valence-corrected chi connectivity index (χ2v) is 4.95. The van der Waals surface area contributed by atoms with Crippen molar-refractivity contribution in [2.45, 2.75) is 32.2 Å². The third-order valence-electron chi connectivity index (χ3n) is 3.67. The summed E-state index contributed by atoms with van der Waals surface area (Å²) < 4.78 is 0. The van der Waals surface area contributed by atoms with Crippen LogP contribution in [-0.2, 0) is 6.42 Å². The van der Waals surface area contributed by atoms with Gasteiger partial charge in [0.15, 0.2) is 0 Å². The van der Waals surface area contributed by atoms with E-state index < -0.39 is 0 Å². The van der Waals surface area contributed by atoms with Crippen LogP contribution >= 0.6 is 0 Å². The molecule has 2 heteroatoms. The smallest absolute Gasteiger partial charge is 0.0451 e. The van der Waals surface area contributed by atoms with Gasteiger partial charge in [0, 0.05) is 23.3 Å². The summed E-state index contributed by atoms with van der Waals surface area (Å²) in [5.74, 6) is 0. The monoisotopic (exact) mass is 226 g/mol. The van der Waals surface area contributed by atoms with Crippen molar-refractivity contribution in [3.8, 4) is 0 Å². The number of pyridine rings is 1. The number of rotatable bonds is 2. The molecule has 17 heavy (non-hydrogen) atoms. The molecule has 1 unspecified atom stereocenters. The van der Waals surface area contributed by atoms with E-state index in [-0.39, 0.29) is 0 Å². The zero-order chi connectivity index (χ0) is 11.7. The Morgan fingerprint density at radius 2 is 2.29 bits per heavy atom. The second kappa shape index (κ2) is 4.46. The molecule has 0 bridgehead atoms. The lowest BCUT2D eigenvalue weighted by Crippen LogP contribution is -2.23. The minimum atomic E-state index is 0.671. The predicted molar refractivity (Wildman–Crippen MR) is 71.2 cm³/mol. The molecule has 88 valence electrons. The molecule has 1 N–H and O–H groups in total. The van der Waals surface area contributed by atoms with Crippen LogP contribution in [0.5, 0.6) is 0 Å². The molecule has 1 fully saturated rings. The Morgan fingerprint density at radius 1 is 1.35 bits per heavy atom. The fourth-order valence-electron chi connectivity index (χ4n) is 2.70. The number of hydrogen-bond donors (Lipinski definition) is 1. The number of hydrogen-bond acceptors (Lipinski definition) is 2. The Hall–Kier alpha value is -1.41. The van der Waals surface area contributed by atoms with Crippen LogP contribution in [0.3, 0.4) is 0 Å². The van der Waals surface area contributed by atoms with Crippen LogP contribution in [0.1, 0.15) is 24.1 Å². The maximum atomic E-state index is 4.36. The van der Waals surface area contributed by atoms with Crippen LogP contribution in [0.4, 0.5) is 0 Å². The number of fused-ring (bicyclic) bond motifs is 1. The van der Waals surface area contributed by atoms with E-state index in [1.54, 1.807) is 0 Å². The SMILES string of the molecule is Cc1nccc2ccc(CC3CCCN3)cc12. The average Bonchev–Trinajstić information content (AvgIpc) is 2.83. The summed E-state index contributed by atoms with van der Waals surface area (Å²) in [5, 5.41) is 6.14. The summed E-state index contributed by atoms with van der Waals surface area (Å²) in [6, 6.07) is 9.53. The molecule has 0 amide bonds. The van der Waals surface area contributed by atoms with E-state index in [9.17, 15) is 0 Å². The van der Waals surface area contributed by atoms with Gasteiger partial charge in [-0.2, -0.15) is 0 Å². The maximum Gasteiger partial charge on any atom is 0.0451 e. The summed E-state index contributed by atoms with van der Waals surface area (Å²) in [4.78, 5) is 4.36. The van der Waals surface area contributed by atoms with Gasteiger partial charge in [0.25, 0.3) is 0 Å². The molecular formula is C15H18N2. The largest absolute Gasteiger partial charge is 0.314 e. The lowest BCUT2D eigenvalue weighted by Gasteiger charge is -2.11. The minimum absolute atomic E-state index is 0.671. The van der Waals surface area contributed by atoms with Crippen LogP contribution < -0.4 is 5.32 Å². The maximum absolute atomic E-state index is 4.36. The molecule has 0 radical (unpaired) electrons. The minimum Gasteiger partial charge on any atom is -0.314 e. The summed E-state index contributed by atoms with van der Waals surface area (Å²) >= 11 is 0. The van der Waals surface area contributed by atoms with Crippen LogP contribution in [0.15, 0.2) is 30.5 Å². The van der Waals surface area contributed by atoms with E-state index in [0.717, 1.165) is 12.1 Å². The molecule has 1 aliphatic rings. The van der Waals surface area contributed by atoms with Crippen molar-refractivity contribution in [2.24, 2.45) is 0 Å². The van der Waals surface area contributed by atoms with Crippen LogP contribution in [0.2, 0.25) is 0 Å². The first-order valence-electron chi connectivity index (χ1n) is 6.40. The van der Waals surface area contributed by atoms with Gasteiger partial charge >= 0.3 is 0 Å². The van der Waals surface area contributed by atoms with Crippen LogP contribution in [0.25, 0.3) is 10.8 Å². The van der Waals surface area contributed by atoms with Crippen molar-refractivity contribution in [2.75, 3.05) is 6.54 Å². The quantitative estimate of drug-likeness (QED) is 0.851. The van der Waals surface area contributed by atoms with E-state index in [1.807, 2.05) is 6.20 Å². The zero-order valence-electron chi connectivity index (χ0n) is 10.2.